The first-order chi connectivity index (χ1) is 20.2. The summed E-state index contributed by atoms with van der Waals surface area (Å²) in [6, 6.07) is 4.63. The molecule has 42 heavy (non-hydrogen) atoms. The number of rotatable bonds is 9. The fourth-order valence-electron chi connectivity index (χ4n) is 5.56. The van der Waals surface area contributed by atoms with E-state index in [0.29, 0.717) is 45.8 Å². The van der Waals surface area contributed by atoms with Gasteiger partial charge in [-0.05, 0) is 45.7 Å². The van der Waals surface area contributed by atoms with Gasteiger partial charge in [-0.25, -0.2) is 14.8 Å². The monoisotopic (exact) mass is 593 g/mol. The zero-order chi connectivity index (χ0) is 31.0. The standard InChI is InChI=1S/C30H44N8O3Si/c1-29(2,3)41-28(39)36-13-11-35(12-14-36)24-17-30(18-24,8-9-31)38-20-23(19-34-38)26-25-7-10-37(27(25)33-21-32-26)22-40-15-16-42(4,5)6/h7,10,19-21,24H,8,11-18,22H2,1-6H3/i24D. The smallest absolute Gasteiger partial charge is 0.410 e. The zero-order valence-electron chi connectivity index (χ0n) is 26.8. The van der Waals surface area contributed by atoms with Crippen LogP contribution < -0.4 is 0 Å². The van der Waals surface area contributed by atoms with Crippen molar-refractivity contribution in [1.29, 1.82) is 5.26 Å². The van der Waals surface area contributed by atoms with E-state index in [-0.39, 0.29) is 12.5 Å². The van der Waals surface area contributed by atoms with E-state index in [2.05, 4.69) is 45.7 Å². The van der Waals surface area contributed by atoms with Crippen LogP contribution in [0.4, 0.5) is 4.79 Å². The molecule has 1 saturated heterocycles. The number of piperazine rings is 1. The molecule has 0 bridgehead atoms. The summed E-state index contributed by atoms with van der Waals surface area (Å²) in [6.07, 6.45) is 8.17. The van der Waals surface area contributed by atoms with Crippen molar-refractivity contribution in [2.75, 3.05) is 32.8 Å². The third-order valence-corrected chi connectivity index (χ3v) is 9.68. The Bertz CT molecular complexity index is 1490. The van der Waals surface area contributed by atoms with E-state index in [0.717, 1.165) is 34.9 Å². The van der Waals surface area contributed by atoms with Crippen LogP contribution in [0.2, 0.25) is 25.7 Å². The molecule has 2 aliphatic rings. The summed E-state index contributed by atoms with van der Waals surface area (Å²) in [4.78, 5) is 25.4. The van der Waals surface area contributed by atoms with Crippen LogP contribution in [-0.4, -0.2) is 92.7 Å². The normalized spacial score (nSPS) is 23.8. The average Bonchev–Trinajstić information content (AvgIpc) is 3.57. The van der Waals surface area contributed by atoms with Gasteiger partial charge in [-0.15, -0.1) is 0 Å². The lowest BCUT2D eigenvalue weighted by molar-refractivity contribution is -0.0268. The van der Waals surface area contributed by atoms with Crippen molar-refractivity contribution in [3.8, 4) is 17.3 Å². The second-order valence-electron chi connectivity index (χ2n) is 13.7. The van der Waals surface area contributed by atoms with E-state index in [1.807, 2.05) is 48.5 Å². The van der Waals surface area contributed by atoms with Gasteiger partial charge in [0.1, 0.15) is 24.3 Å². The van der Waals surface area contributed by atoms with Gasteiger partial charge >= 0.3 is 6.09 Å². The molecule has 3 aromatic heterocycles. The molecular formula is C30H44N8O3Si. The van der Waals surface area contributed by atoms with Crippen molar-refractivity contribution in [2.24, 2.45) is 0 Å². The number of hydrogen-bond acceptors (Lipinski definition) is 8. The number of fused-ring (bicyclic) bond motifs is 1. The fourth-order valence-corrected chi connectivity index (χ4v) is 6.32. The molecule has 1 aliphatic carbocycles. The number of amides is 1. The molecule has 226 valence electrons. The summed E-state index contributed by atoms with van der Waals surface area (Å²) in [6.45, 7) is 16.0. The predicted octanol–water partition coefficient (Wildman–Crippen LogP) is 4.93. The Labute approximate surface area is 250 Å². The molecule has 1 aliphatic heterocycles. The van der Waals surface area contributed by atoms with Crippen molar-refractivity contribution < 1.29 is 15.6 Å². The molecule has 0 N–H and O–H groups in total. The molecule has 0 atom stereocenters. The van der Waals surface area contributed by atoms with Gasteiger partial charge in [-0.1, -0.05) is 19.6 Å². The van der Waals surface area contributed by atoms with Crippen LogP contribution in [-0.2, 0) is 21.7 Å². The summed E-state index contributed by atoms with van der Waals surface area (Å²) in [5, 5.41) is 15.3. The third kappa shape index (κ3) is 6.69. The van der Waals surface area contributed by atoms with E-state index >= 15 is 0 Å². The molecule has 4 heterocycles. The van der Waals surface area contributed by atoms with Gasteiger partial charge < -0.3 is 18.9 Å². The number of ether oxygens (including phenoxy) is 2. The highest BCUT2D eigenvalue weighted by Crippen LogP contribution is 2.45. The molecule has 11 nitrogen and oxygen atoms in total. The van der Waals surface area contributed by atoms with Crippen LogP contribution in [0.5, 0.6) is 0 Å². The van der Waals surface area contributed by atoms with E-state index in [4.69, 9.17) is 9.47 Å². The SMILES string of the molecule is [2H]C1(N2CCN(C(=O)OC(C)(C)C)CC2)CC(CC#N)(n2cc(-c3ncnc4c3ccn4COCC[Si](C)(C)C)cn2)C1. The third-order valence-electron chi connectivity index (χ3n) is 7.98. The number of aromatic nitrogens is 5. The van der Waals surface area contributed by atoms with Crippen molar-refractivity contribution in [2.45, 2.75) is 89.6 Å². The van der Waals surface area contributed by atoms with Gasteiger partial charge in [0.2, 0.25) is 0 Å². The van der Waals surface area contributed by atoms with Crippen LogP contribution in [0.1, 0.15) is 41.4 Å². The maximum absolute atomic E-state index is 12.5. The van der Waals surface area contributed by atoms with Crippen LogP contribution in [0.3, 0.4) is 0 Å². The van der Waals surface area contributed by atoms with Crippen LogP contribution in [0.25, 0.3) is 22.3 Å². The Balaban J connectivity index is 1.26. The molecule has 0 spiro atoms. The van der Waals surface area contributed by atoms with Gasteiger partial charge in [0.05, 0.1) is 29.9 Å². The Hall–Kier alpha value is -3.27. The maximum Gasteiger partial charge on any atom is 0.410 e. The van der Waals surface area contributed by atoms with Crippen molar-refractivity contribution in [3.05, 3.63) is 31.0 Å². The summed E-state index contributed by atoms with van der Waals surface area (Å²) in [5.74, 6) is 0. The fraction of sp³-hybridized carbons (Fsp3) is 0.633. The minimum atomic E-state index is -1.16. The number of nitriles is 1. The molecule has 1 amide bonds. The number of carbonyl (C=O) groups is 1. The lowest BCUT2D eigenvalue weighted by atomic mass is 9.70. The molecule has 0 unspecified atom stereocenters. The van der Waals surface area contributed by atoms with Crippen LogP contribution in [0.15, 0.2) is 31.0 Å². The van der Waals surface area contributed by atoms with E-state index in [9.17, 15) is 11.4 Å². The highest BCUT2D eigenvalue weighted by Gasteiger charge is 2.49. The molecule has 3 aromatic rings. The molecule has 5 rings (SSSR count). The van der Waals surface area contributed by atoms with E-state index in [1.54, 1.807) is 17.4 Å². The summed E-state index contributed by atoms with van der Waals surface area (Å²) >= 11 is 0. The molecule has 0 aromatic carbocycles. The first-order valence-corrected chi connectivity index (χ1v) is 18.5. The van der Waals surface area contributed by atoms with Gasteiger partial charge in [-0.3, -0.25) is 9.58 Å². The topological polar surface area (TPSA) is 114 Å². The van der Waals surface area contributed by atoms with E-state index < -0.39 is 25.2 Å². The van der Waals surface area contributed by atoms with E-state index in [1.165, 1.54) is 0 Å². The Morgan fingerprint density at radius 3 is 2.62 bits per heavy atom. The van der Waals surface area contributed by atoms with Gasteiger partial charge in [0.15, 0.2) is 0 Å². The Kier molecular flexibility index (Phi) is 8.09. The largest absolute Gasteiger partial charge is 0.444 e. The summed E-state index contributed by atoms with van der Waals surface area (Å²) in [7, 11) is -1.16. The molecule has 2 fully saturated rings. The Morgan fingerprint density at radius 2 is 1.95 bits per heavy atom. The second-order valence-corrected chi connectivity index (χ2v) is 19.3. The van der Waals surface area contributed by atoms with Crippen molar-refractivity contribution in [3.63, 3.8) is 0 Å². The highest BCUT2D eigenvalue weighted by atomic mass is 28.3. The number of nitrogens with zero attached hydrogens (tertiary/aromatic N) is 8. The van der Waals surface area contributed by atoms with Gasteiger partial charge in [0, 0.05) is 71.6 Å². The molecule has 12 heteroatoms. The minimum Gasteiger partial charge on any atom is -0.444 e. The molecule has 0 radical (unpaired) electrons. The molecule has 1 saturated carbocycles. The first-order valence-electron chi connectivity index (χ1n) is 15.3. The Morgan fingerprint density at radius 1 is 1.21 bits per heavy atom. The highest BCUT2D eigenvalue weighted by molar-refractivity contribution is 6.76. The predicted molar refractivity (Wildman–Crippen MR) is 163 cm³/mol. The maximum atomic E-state index is 12.5. The molecular weight excluding hydrogens is 548 g/mol. The number of carbonyl (C=O) groups excluding carboxylic acids is 1. The minimum absolute atomic E-state index is 0.261. The summed E-state index contributed by atoms with van der Waals surface area (Å²) in [5.41, 5.74) is 1.31. The van der Waals surface area contributed by atoms with Crippen LogP contribution >= 0.6 is 0 Å². The number of hydrogen-bond donors (Lipinski definition) is 0. The average molecular weight is 594 g/mol. The lowest BCUT2D eigenvalue weighted by Crippen LogP contribution is -2.60. The first kappa shape index (κ1) is 28.8. The second kappa shape index (κ2) is 11.8. The van der Waals surface area contributed by atoms with Gasteiger partial charge in [0.25, 0.3) is 0 Å². The van der Waals surface area contributed by atoms with Crippen molar-refractivity contribution >= 4 is 25.2 Å². The summed E-state index contributed by atoms with van der Waals surface area (Å²) < 4.78 is 24.6. The lowest BCUT2D eigenvalue weighted by Gasteiger charge is -2.52. The van der Waals surface area contributed by atoms with Gasteiger partial charge in [-0.2, -0.15) is 10.4 Å². The quantitative estimate of drug-likeness (QED) is 0.253. The van der Waals surface area contributed by atoms with Crippen molar-refractivity contribution in [1.82, 2.24) is 34.1 Å². The zero-order valence-corrected chi connectivity index (χ0v) is 26.8. The van der Waals surface area contributed by atoms with Crippen LogP contribution in [0, 0.1) is 11.3 Å².